The second kappa shape index (κ2) is 25.1. The number of imidazole rings is 2. The number of carbonyl (C=O) groups is 4. The number of hydrogen-bond acceptors (Lipinski definition) is 22. The molecule has 1 saturated carbocycles. The number of nitrogens with two attached hydrogens (primary N) is 1. The highest BCUT2D eigenvalue weighted by Gasteiger charge is 2.51. The Bertz CT molecular complexity index is 3500. The smallest absolute Gasteiger partial charge is 0.463 e. The van der Waals surface area contributed by atoms with Gasteiger partial charge in [-0.2, -0.15) is 9.97 Å². The highest BCUT2D eigenvalue weighted by molar-refractivity contribution is 6.27. The van der Waals surface area contributed by atoms with E-state index in [4.69, 9.17) is 38.9 Å². The molecule has 0 bridgehead atoms. The van der Waals surface area contributed by atoms with Crippen molar-refractivity contribution in [1.82, 2.24) is 39.0 Å². The van der Waals surface area contributed by atoms with E-state index in [1.54, 1.807) is 102 Å². The second-order valence-electron chi connectivity index (χ2n) is 19.2. The summed E-state index contributed by atoms with van der Waals surface area (Å²) in [6.45, 7) is -0.156. The Labute approximate surface area is 466 Å². The highest BCUT2D eigenvalue weighted by atomic mass is 16.6. The van der Waals surface area contributed by atoms with Crippen molar-refractivity contribution in [3.05, 3.63) is 166 Å². The number of aliphatic hydroxyl groups is 2. The van der Waals surface area contributed by atoms with Gasteiger partial charge in [0.2, 0.25) is 5.65 Å². The van der Waals surface area contributed by atoms with E-state index in [9.17, 15) is 39.5 Å². The van der Waals surface area contributed by atoms with Crippen LogP contribution in [0.25, 0.3) is 22.3 Å². The van der Waals surface area contributed by atoms with Gasteiger partial charge < -0.3 is 59.2 Å². The van der Waals surface area contributed by atoms with Crippen LogP contribution in [0.4, 0.5) is 17.6 Å². The van der Waals surface area contributed by atoms with Gasteiger partial charge in [0, 0.05) is 25.3 Å². The van der Waals surface area contributed by atoms with Gasteiger partial charge in [-0.25, -0.2) is 24.5 Å². The number of methoxy groups -OCH3 is 2. The lowest BCUT2D eigenvalue weighted by Crippen LogP contribution is -2.39. The number of nitrogen functional groups attached to an aromatic ring is 1. The first-order valence-corrected chi connectivity index (χ1v) is 26.0. The number of aromatic nitrogens is 8. The van der Waals surface area contributed by atoms with Crippen molar-refractivity contribution in [2.45, 2.75) is 74.8 Å². The second-order valence-corrected chi connectivity index (χ2v) is 19.2. The van der Waals surface area contributed by atoms with E-state index in [-0.39, 0.29) is 51.9 Å². The zero-order valence-electron chi connectivity index (χ0n) is 44.1. The number of amides is 2. The van der Waals surface area contributed by atoms with E-state index in [2.05, 4.69) is 29.9 Å². The lowest BCUT2D eigenvalue weighted by molar-refractivity contribution is -0.394. The summed E-state index contributed by atoms with van der Waals surface area (Å²) in [4.78, 5) is 92.1. The monoisotopic (exact) mass is 1120 g/mol. The summed E-state index contributed by atoms with van der Waals surface area (Å²) >= 11 is 0. The topological polar surface area (TPSA) is 333 Å². The lowest BCUT2D eigenvalue weighted by atomic mass is 10.1. The standard InChI is InChI=1S/C39H30N6O10.C17H25N5O5/c1-52-31-30(55-38(49)27-20-12-5-13-21-27)28(22-53-37(48)26-18-10-4-11-19-26)54-36(31)43-23-40-29-32(43)41-39(45(50)51)42-33(29)44(34(46)24-14-6-2-7-15-24)35(47)25-16-8-3-9-17-25;1-25-13-12(24)10(6-23)27-16(13)22-8-19-11-14(18)20-17(21-15(11)22)26-7-9-4-2-3-5-9/h2-21,23,28,30-31,36H,22H2,1H3;8-10,12-13,16,23-24H,2-7H2,1H3,(H2,18,20,21)/t28-,30-,31-,36-;10-,12-,13-,16-/m11/s1. The number of imide groups is 1. The molecule has 2 amide bonds. The number of esters is 2. The Kier molecular flexibility index (Phi) is 17.2. The van der Waals surface area contributed by atoms with Crippen molar-refractivity contribution in [1.29, 1.82) is 0 Å². The molecule has 4 aromatic carbocycles. The third-order valence-electron chi connectivity index (χ3n) is 14.1. The fraction of sp³-hybridized carbons (Fsp3) is 0.321. The molecule has 3 aliphatic rings. The molecule has 26 heteroatoms. The van der Waals surface area contributed by atoms with Gasteiger partial charge in [0.05, 0.1) is 30.7 Å². The van der Waals surface area contributed by atoms with Crippen LogP contribution in [0.15, 0.2) is 134 Å². The maximum Gasteiger partial charge on any atom is 0.473 e. The van der Waals surface area contributed by atoms with Gasteiger partial charge in [-0.15, -0.1) is 0 Å². The number of hydrogen-bond donors (Lipinski definition) is 3. The number of anilines is 2. The van der Waals surface area contributed by atoms with Crippen LogP contribution in [0.3, 0.4) is 0 Å². The SMILES string of the molecule is CO[C@@H]1[C@H](O)[C@@H](CO)O[C@H]1n1cnc2c(N)nc(OCC3CCCC3)nc21.CO[C@@H]1[C@H](OC(=O)c2ccccc2)[C@@H](COC(=O)c2ccccc2)O[C@H]1n1cnc2c(N(C(=O)c3ccccc3)C(=O)c3ccccc3)nc([N+](=O)[O-])nc21. The Morgan fingerprint density at radius 1 is 0.671 bits per heavy atom. The van der Waals surface area contributed by atoms with Crippen molar-refractivity contribution in [2.24, 2.45) is 5.92 Å². The number of aliphatic hydroxyl groups excluding tert-OH is 2. The molecule has 0 unspecified atom stereocenters. The van der Waals surface area contributed by atoms with Crippen molar-refractivity contribution < 1.29 is 67.5 Å². The first kappa shape index (κ1) is 56.1. The molecule has 8 aromatic rings. The van der Waals surface area contributed by atoms with Crippen molar-refractivity contribution in [2.75, 3.05) is 44.7 Å². The first-order chi connectivity index (χ1) is 39.9. The van der Waals surface area contributed by atoms with Crippen LogP contribution >= 0.6 is 0 Å². The number of nitrogens with zero attached hydrogens (tertiary/aromatic N) is 10. The van der Waals surface area contributed by atoms with E-state index >= 15 is 0 Å². The summed E-state index contributed by atoms with van der Waals surface area (Å²) in [5, 5.41) is 32.0. The number of rotatable bonds is 17. The average molecular weight is 1120 g/mol. The lowest BCUT2D eigenvalue weighted by Gasteiger charge is -2.23. The van der Waals surface area contributed by atoms with E-state index in [0.29, 0.717) is 28.6 Å². The van der Waals surface area contributed by atoms with Crippen LogP contribution in [0.2, 0.25) is 0 Å². The summed E-state index contributed by atoms with van der Waals surface area (Å²) in [6.07, 6.45) is -0.319. The molecule has 26 nitrogen and oxygen atoms in total. The van der Waals surface area contributed by atoms with Crippen LogP contribution < -0.4 is 15.4 Å². The fourth-order valence-corrected chi connectivity index (χ4v) is 9.94. The predicted octanol–water partition coefficient (Wildman–Crippen LogP) is 5.46. The van der Waals surface area contributed by atoms with Crippen molar-refractivity contribution >= 4 is 63.7 Å². The van der Waals surface area contributed by atoms with Crippen LogP contribution in [0, 0.1) is 16.0 Å². The molecule has 82 heavy (non-hydrogen) atoms. The Morgan fingerprint density at radius 2 is 1.18 bits per heavy atom. The minimum atomic E-state index is -1.26. The minimum absolute atomic E-state index is 0.0927. The Morgan fingerprint density at radius 3 is 1.73 bits per heavy atom. The molecule has 4 aromatic heterocycles. The van der Waals surface area contributed by atoms with E-state index in [1.165, 1.54) is 68.5 Å². The van der Waals surface area contributed by atoms with E-state index in [0.717, 1.165) is 12.8 Å². The first-order valence-electron chi connectivity index (χ1n) is 26.0. The summed E-state index contributed by atoms with van der Waals surface area (Å²) in [5.74, 6) is -3.74. The third-order valence-corrected chi connectivity index (χ3v) is 14.1. The van der Waals surface area contributed by atoms with Gasteiger partial charge in [-0.3, -0.25) is 18.7 Å². The van der Waals surface area contributed by atoms with Crippen LogP contribution in [0.1, 0.15) is 79.6 Å². The van der Waals surface area contributed by atoms with Crippen LogP contribution in [-0.4, -0.2) is 149 Å². The quantitative estimate of drug-likeness (QED) is 0.0441. The molecular formula is C56H55N11O15. The minimum Gasteiger partial charge on any atom is -0.463 e. The maximum absolute atomic E-state index is 14.1. The molecule has 6 heterocycles. The summed E-state index contributed by atoms with van der Waals surface area (Å²) in [7, 11) is 2.81. The number of carbonyl (C=O) groups excluding carboxylic acids is 4. The molecule has 3 fully saturated rings. The van der Waals surface area contributed by atoms with Gasteiger partial charge in [0.25, 0.3) is 17.6 Å². The van der Waals surface area contributed by atoms with Gasteiger partial charge in [0.1, 0.15) is 43.5 Å². The molecule has 8 atom stereocenters. The molecule has 0 radical (unpaired) electrons. The summed E-state index contributed by atoms with van der Waals surface area (Å²) in [6, 6.07) is 32.3. The average Bonchev–Trinajstić information content (AvgIpc) is 3.54. The largest absolute Gasteiger partial charge is 0.473 e. The Hall–Kier alpha value is -9.18. The molecule has 2 saturated heterocycles. The van der Waals surface area contributed by atoms with E-state index in [1.807, 2.05) is 0 Å². The molecule has 0 spiro atoms. The molecule has 1 aliphatic carbocycles. The molecule has 11 rings (SSSR count). The highest BCUT2D eigenvalue weighted by Crippen LogP contribution is 2.39. The summed E-state index contributed by atoms with van der Waals surface area (Å²) in [5.41, 5.74) is 7.18. The Balaban J connectivity index is 0.000000232. The predicted molar refractivity (Wildman–Crippen MR) is 288 cm³/mol. The maximum atomic E-state index is 14.1. The molecule has 2 aliphatic heterocycles. The normalized spacial score (nSPS) is 21.4. The third kappa shape index (κ3) is 11.7. The van der Waals surface area contributed by atoms with Crippen molar-refractivity contribution in [3.63, 3.8) is 0 Å². The molecular weight excluding hydrogens is 1070 g/mol. The van der Waals surface area contributed by atoms with Crippen molar-refractivity contribution in [3.8, 4) is 6.01 Å². The van der Waals surface area contributed by atoms with Gasteiger partial charge in [-0.1, -0.05) is 85.6 Å². The van der Waals surface area contributed by atoms with Gasteiger partial charge in [0.15, 0.2) is 41.1 Å². The van der Waals surface area contributed by atoms with Crippen LogP contribution in [-0.2, 0) is 28.4 Å². The molecule has 4 N–H and O–H groups in total. The number of benzene rings is 4. The van der Waals surface area contributed by atoms with Gasteiger partial charge in [-0.05, 0) is 82.2 Å². The summed E-state index contributed by atoms with van der Waals surface area (Å²) < 4.78 is 43.5. The fourth-order valence-electron chi connectivity index (χ4n) is 9.94. The molecule has 424 valence electrons. The number of fused-ring (bicyclic) bond motifs is 2. The number of nitro groups is 1. The number of ether oxygens (including phenoxy) is 7. The van der Waals surface area contributed by atoms with E-state index < -0.39 is 96.1 Å². The van der Waals surface area contributed by atoms with Crippen LogP contribution in [0.5, 0.6) is 6.01 Å². The van der Waals surface area contributed by atoms with Gasteiger partial charge >= 0.3 is 23.9 Å². The zero-order valence-corrected chi connectivity index (χ0v) is 44.1. The zero-order chi connectivity index (χ0) is 57.4.